The average Bonchev–Trinajstić information content (AvgIpc) is 2.81. The van der Waals surface area contributed by atoms with E-state index in [0.29, 0.717) is 19.4 Å². The molecule has 0 aliphatic carbocycles. The second-order valence-corrected chi connectivity index (χ2v) is 8.30. The standard InChI is InChI=1S/C20H33N5O2/c1-15-16(2)21-25(17(15)3)10-7-19(27)24-13-12-23(5)20(14-24)8-6-18(26)22(4)11-9-20/h6-14H2,1-5H3/t20-/m1/s1. The number of likely N-dealkylation sites (N-methyl/N-ethyl adjacent to an activating group) is 1. The third-order valence-corrected chi connectivity index (χ3v) is 6.78. The number of rotatable bonds is 3. The van der Waals surface area contributed by atoms with Crippen molar-refractivity contribution >= 4 is 11.8 Å². The Bertz CT molecular complexity index is 728. The molecule has 0 aromatic carbocycles. The van der Waals surface area contributed by atoms with Gasteiger partial charge in [0, 0.05) is 63.8 Å². The van der Waals surface area contributed by atoms with Crippen LogP contribution >= 0.6 is 0 Å². The molecule has 1 atom stereocenters. The van der Waals surface area contributed by atoms with E-state index in [-0.39, 0.29) is 17.4 Å². The highest BCUT2D eigenvalue weighted by atomic mass is 16.2. The molecule has 0 saturated carbocycles. The fourth-order valence-electron chi connectivity index (χ4n) is 4.34. The van der Waals surface area contributed by atoms with Crippen LogP contribution < -0.4 is 0 Å². The third kappa shape index (κ3) is 3.88. The summed E-state index contributed by atoms with van der Waals surface area (Å²) in [5, 5.41) is 4.55. The maximum atomic E-state index is 12.9. The van der Waals surface area contributed by atoms with Crippen LogP contribution in [-0.4, -0.2) is 82.1 Å². The monoisotopic (exact) mass is 375 g/mol. The van der Waals surface area contributed by atoms with Gasteiger partial charge < -0.3 is 9.80 Å². The normalized spacial score (nSPS) is 24.6. The van der Waals surface area contributed by atoms with Crippen molar-refractivity contribution in [2.75, 3.05) is 40.3 Å². The molecule has 2 saturated heterocycles. The van der Waals surface area contributed by atoms with Crippen molar-refractivity contribution < 1.29 is 9.59 Å². The van der Waals surface area contributed by atoms with Crippen LogP contribution in [0.15, 0.2) is 0 Å². The predicted octanol–water partition coefficient (Wildman–Crippen LogP) is 1.35. The number of hydrogen-bond donors (Lipinski definition) is 0. The van der Waals surface area contributed by atoms with Crippen molar-refractivity contribution in [3.05, 3.63) is 17.0 Å². The number of hydrogen-bond acceptors (Lipinski definition) is 4. The maximum Gasteiger partial charge on any atom is 0.224 e. The van der Waals surface area contributed by atoms with Crippen LogP contribution in [0, 0.1) is 20.8 Å². The number of amides is 2. The van der Waals surface area contributed by atoms with E-state index >= 15 is 0 Å². The summed E-state index contributed by atoms with van der Waals surface area (Å²) in [6.45, 7) is 9.87. The molecule has 3 rings (SSSR count). The smallest absolute Gasteiger partial charge is 0.224 e. The van der Waals surface area contributed by atoms with E-state index in [1.165, 1.54) is 5.56 Å². The number of aryl methyl sites for hydroxylation is 2. The van der Waals surface area contributed by atoms with Crippen molar-refractivity contribution in [3.8, 4) is 0 Å². The molecule has 150 valence electrons. The van der Waals surface area contributed by atoms with E-state index in [1.54, 1.807) is 0 Å². The van der Waals surface area contributed by atoms with E-state index < -0.39 is 0 Å². The maximum absolute atomic E-state index is 12.9. The molecule has 2 aliphatic rings. The summed E-state index contributed by atoms with van der Waals surface area (Å²) in [5.41, 5.74) is 3.29. The zero-order valence-electron chi connectivity index (χ0n) is 17.4. The predicted molar refractivity (Wildman–Crippen MR) is 104 cm³/mol. The van der Waals surface area contributed by atoms with Crippen molar-refractivity contribution in [1.82, 2.24) is 24.5 Å². The highest BCUT2D eigenvalue weighted by molar-refractivity contribution is 5.77. The van der Waals surface area contributed by atoms with Crippen molar-refractivity contribution in [3.63, 3.8) is 0 Å². The molecule has 0 N–H and O–H groups in total. The van der Waals surface area contributed by atoms with Gasteiger partial charge in [0.2, 0.25) is 11.8 Å². The Balaban J connectivity index is 1.65. The molecule has 1 spiro atoms. The second kappa shape index (κ2) is 7.62. The van der Waals surface area contributed by atoms with Crippen molar-refractivity contribution in [2.24, 2.45) is 0 Å². The summed E-state index contributed by atoms with van der Waals surface area (Å²) in [7, 11) is 4.01. The molecule has 27 heavy (non-hydrogen) atoms. The lowest BCUT2D eigenvalue weighted by molar-refractivity contribution is -0.137. The van der Waals surface area contributed by atoms with Gasteiger partial charge in [0.05, 0.1) is 5.69 Å². The lowest BCUT2D eigenvalue weighted by atomic mass is 9.86. The molecule has 1 aromatic heterocycles. The quantitative estimate of drug-likeness (QED) is 0.800. The number of likely N-dealkylation sites (tertiary alicyclic amines) is 1. The average molecular weight is 376 g/mol. The number of piperazine rings is 1. The van der Waals surface area contributed by atoms with Gasteiger partial charge >= 0.3 is 0 Å². The molecule has 0 bridgehead atoms. The number of carbonyl (C=O) groups is 2. The third-order valence-electron chi connectivity index (χ3n) is 6.78. The van der Waals surface area contributed by atoms with Crippen LogP contribution in [0.25, 0.3) is 0 Å². The molecule has 7 heteroatoms. The van der Waals surface area contributed by atoms with Crippen LogP contribution in [0.1, 0.15) is 42.6 Å². The number of aromatic nitrogens is 2. The summed E-state index contributed by atoms with van der Waals surface area (Å²) >= 11 is 0. The zero-order chi connectivity index (χ0) is 19.8. The van der Waals surface area contributed by atoms with Gasteiger partial charge in [0.1, 0.15) is 0 Å². The summed E-state index contributed by atoms with van der Waals surface area (Å²) in [6, 6.07) is 0. The number of carbonyl (C=O) groups excluding carboxylic acids is 2. The van der Waals surface area contributed by atoms with Crippen LogP contribution in [0.3, 0.4) is 0 Å². The molecule has 2 fully saturated rings. The molecule has 0 radical (unpaired) electrons. The summed E-state index contributed by atoms with van der Waals surface area (Å²) < 4.78 is 1.95. The van der Waals surface area contributed by atoms with Gasteiger partial charge in [0.15, 0.2) is 0 Å². The summed E-state index contributed by atoms with van der Waals surface area (Å²) in [5.74, 6) is 0.403. The first-order valence-electron chi connectivity index (χ1n) is 9.97. The van der Waals surface area contributed by atoms with Crippen molar-refractivity contribution in [2.45, 2.75) is 58.5 Å². The molecule has 3 heterocycles. The number of nitrogens with zero attached hydrogens (tertiary/aromatic N) is 5. The van der Waals surface area contributed by atoms with Gasteiger partial charge in [-0.05, 0) is 46.2 Å². The Morgan fingerprint density at radius 1 is 1.11 bits per heavy atom. The summed E-state index contributed by atoms with van der Waals surface area (Å²) in [4.78, 5) is 31.2. The van der Waals surface area contributed by atoms with Gasteiger partial charge in [-0.25, -0.2) is 0 Å². The second-order valence-electron chi connectivity index (χ2n) is 8.30. The van der Waals surface area contributed by atoms with Gasteiger partial charge in [-0.3, -0.25) is 19.2 Å². The largest absolute Gasteiger partial charge is 0.346 e. The molecular formula is C20H33N5O2. The van der Waals surface area contributed by atoms with E-state index in [0.717, 1.165) is 50.4 Å². The Morgan fingerprint density at radius 2 is 1.85 bits per heavy atom. The highest BCUT2D eigenvalue weighted by Gasteiger charge is 2.42. The minimum atomic E-state index is -0.0802. The Labute approximate surface area is 162 Å². The van der Waals surface area contributed by atoms with Crippen molar-refractivity contribution in [1.29, 1.82) is 0 Å². The minimum absolute atomic E-state index is 0.0802. The first-order valence-corrected chi connectivity index (χ1v) is 9.97. The topological polar surface area (TPSA) is 61.7 Å². The highest BCUT2D eigenvalue weighted by Crippen LogP contribution is 2.32. The Hall–Kier alpha value is -1.89. The van der Waals surface area contributed by atoms with Crippen LogP contribution in [0.2, 0.25) is 0 Å². The first-order chi connectivity index (χ1) is 12.7. The molecule has 7 nitrogen and oxygen atoms in total. The lowest BCUT2D eigenvalue weighted by Crippen LogP contribution is -2.62. The molecule has 2 aliphatic heterocycles. The first kappa shape index (κ1) is 19.9. The van der Waals surface area contributed by atoms with E-state index in [1.807, 2.05) is 28.5 Å². The minimum Gasteiger partial charge on any atom is -0.346 e. The van der Waals surface area contributed by atoms with E-state index in [9.17, 15) is 9.59 Å². The molecule has 1 aromatic rings. The Kier molecular flexibility index (Phi) is 5.60. The lowest BCUT2D eigenvalue weighted by Gasteiger charge is -2.49. The fourth-order valence-corrected chi connectivity index (χ4v) is 4.34. The molecule has 0 unspecified atom stereocenters. The molecular weight excluding hydrogens is 342 g/mol. The van der Waals surface area contributed by atoms with Crippen LogP contribution in [0.5, 0.6) is 0 Å². The zero-order valence-corrected chi connectivity index (χ0v) is 17.4. The Morgan fingerprint density at radius 3 is 2.52 bits per heavy atom. The molecule has 2 amide bonds. The van der Waals surface area contributed by atoms with Gasteiger partial charge in [-0.1, -0.05) is 0 Å². The fraction of sp³-hybridized carbons (Fsp3) is 0.750. The van der Waals surface area contributed by atoms with E-state index in [2.05, 4.69) is 30.9 Å². The van der Waals surface area contributed by atoms with E-state index in [4.69, 9.17) is 0 Å². The summed E-state index contributed by atoms with van der Waals surface area (Å²) in [6.07, 6.45) is 2.78. The van der Waals surface area contributed by atoms with Gasteiger partial charge in [0.25, 0.3) is 0 Å². The van der Waals surface area contributed by atoms with Crippen LogP contribution in [0.4, 0.5) is 0 Å². The van der Waals surface area contributed by atoms with Gasteiger partial charge in [-0.15, -0.1) is 0 Å². The van der Waals surface area contributed by atoms with Gasteiger partial charge in [-0.2, -0.15) is 5.10 Å². The van der Waals surface area contributed by atoms with Crippen LogP contribution in [-0.2, 0) is 16.1 Å². The SMILES string of the molecule is Cc1nn(CCC(=O)N2CCN(C)[C@@]3(CCC(=O)N(C)CC3)C2)c(C)c1C.